The summed E-state index contributed by atoms with van der Waals surface area (Å²) in [5, 5.41) is 6.33. The number of ether oxygens (including phenoxy) is 2. The highest BCUT2D eigenvalue weighted by molar-refractivity contribution is 6.05. The summed E-state index contributed by atoms with van der Waals surface area (Å²) in [5.41, 5.74) is -0.131. The van der Waals surface area contributed by atoms with E-state index >= 15 is 8.78 Å². The van der Waals surface area contributed by atoms with Gasteiger partial charge in [-0.25, -0.2) is 8.78 Å². The highest BCUT2D eigenvalue weighted by atomic mass is 19.3. The van der Waals surface area contributed by atoms with Gasteiger partial charge in [-0.15, -0.1) is 0 Å². The van der Waals surface area contributed by atoms with Crippen LogP contribution < -0.4 is 25.2 Å². The molecule has 0 radical (unpaired) electrons. The molecule has 230 valence electrons. The van der Waals surface area contributed by atoms with Crippen LogP contribution in [0.5, 0.6) is 11.5 Å². The van der Waals surface area contributed by atoms with Crippen molar-refractivity contribution >= 4 is 17.5 Å². The van der Waals surface area contributed by atoms with Gasteiger partial charge in [0, 0.05) is 48.0 Å². The molecule has 2 atom stereocenters. The number of hydrogen-bond donors (Lipinski definition) is 1. The molecule has 1 aliphatic rings. The lowest BCUT2D eigenvalue weighted by atomic mass is 9.92. The number of alkyl halides is 2. The lowest BCUT2D eigenvalue weighted by Crippen LogP contribution is -2.45. The van der Waals surface area contributed by atoms with E-state index in [1.54, 1.807) is 26.0 Å². The maximum absolute atomic E-state index is 15.3. The maximum Gasteiger partial charge on any atom is 0.387 e. The molecule has 2 amide bonds. The van der Waals surface area contributed by atoms with Gasteiger partial charge in [0.2, 0.25) is 5.91 Å². The lowest BCUT2D eigenvalue weighted by molar-refractivity contribution is -0.118. The molecule has 1 aliphatic heterocycles. The Balaban J connectivity index is 1.53. The van der Waals surface area contributed by atoms with Gasteiger partial charge in [0.1, 0.15) is 34.9 Å². The van der Waals surface area contributed by atoms with Crippen LogP contribution >= 0.6 is 0 Å². The number of aryl methyl sites for hydroxylation is 2. The number of rotatable bonds is 9. The molecule has 0 spiro atoms. The second kappa shape index (κ2) is 12.2. The SMILES string of the molecule is COc1cc(F)c([C@@H]2CN(c3c(C)ccn(Cc4cc(C)no4)c3=O)C(=O)[C@H]2NC(=O)c2ccc(OC(F)F)cc2)c(F)c1. The standard InChI is InChI=1S/C30H26F4N4O6/c1-15-8-9-37(13-20-10-16(2)36-44-20)29(41)26(15)38-14-21(24-22(31)11-19(42-3)12-23(24)32)25(28(38)40)35-27(39)17-4-6-18(7-5-17)43-30(33)34/h4-12,21,25,30H,13-14H2,1-3H3,(H,35,39)/t21-,25-/m0/s1. The predicted molar refractivity (Wildman–Crippen MR) is 148 cm³/mol. The monoisotopic (exact) mass is 614 g/mol. The second-order valence-corrected chi connectivity index (χ2v) is 10.1. The van der Waals surface area contributed by atoms with Crippen molar-refractivity contribution < 1.29 is 41.1 Å². The number of nitrogens with zero attached hydrogens (tertiary/aromatic N) is 3. The van der Waals surface area contributed by atoms with E-state index < -0.39 is 53.1 Å². The zero-order valence-electron chi connectivity index (χ0n) is 23.6. The number of nitrogens with one attached hydrogen (secondary N) is 1. The van der Waals surface area contributed by atoms with Gasteiger partial charge in [-0.1, -0.05) is 5.16 Å². The molecule has 2 aromatic heterocycles. The van der Waals surface area contributed by atoms with E-state index in [9.17, 15) is 23.2 Å². The first-order chi connectivity index (χ1) is 21.0. The minimum absolute atomic E-state index is 0.00554. The zero-order chi connectivity index (χ0) is 31.7. The average Bonchev–Trinajstić information content (AvgIpc) is 3.52. The van der Waals surface area contributed by atoms with Crippen molar-refractivity contribution in [2.45, 2.75) is 39.0 Å². The van der Waals surface area contributed by atoms with Crippen LogP contribution in [-0.2, 0) is 11.3 Å². The zero-order valence-corrected chi connectivity index (χ0v) is 23.6. The van der Waals surface area contributed by atoms with Crippen molar-refractivity contribution in [3.05, 3.63) is 105 Å². The first-order valence-corrected chi connectivity index (χ1v) is 13.3. The third-order valence-electron chi connectivity index (χ3n) is 7.22. The Morgan fingerprint density at radius 1 is 1.07 bits per heavy atom. The number of pyridine rings is 1. The van der Waals surface area contributed by atoms with Crippen molar-refractivity contribution in [1.82, 2.24) is 15.0 Å². The van der Waals surface area contributed by atoms with Gasteiger partial charge in [0.05, 0.1) is 19.3 Å². The van der Waals surface area contributed by atoms with Crippen molar-refractivity contribution in [1.29, 1.82) is 0 Å². The van der Waals surface area contributed by atoms with Gasteiger partial charge in [-0.3, -0.25) is 14.4 Å². The van der Waals surface area contributed by atoms with Crippen LogP contribution in [-0.4, -0.2) is 47.8 Å². The van der Waals surface area contributed by atoms with Gasteiger partial charge in [0.15, 0.2) is 5.76 Å². The number of amides is 2. The largest absolute Gasteiger partial charge is 0.497 e. The molecular formula is C30H26F4N4O6. The van der Waals surface area contributed by atoms with Crippen LogP contribution in [0.3, 0.4) is 0 Å². The van der Waals surface area contributed by atoms with Gasteiger partial charge in [0.25, 0.3) is 11.5 Å². The first-order valence-electron chi connectivity index (χ1n) is 13.3. The quantitative estimate of drug-likeness (QED) is 0.279. The second-order valence-electron chi connectivity index (χ2n) is 10.1. The van der Waals surface area contributed by atoms with Gasteiger partial charge >= 0.3 is 6.61 Å². The lowest BCUT2D eigenvalue weighted by Gasteiger charge is -2.20. The van der Waals surface area contributed by atoms with Crippen LogP contribution in [0.2, 0.25) is 0 Å². The summed E-state index contributed by atoms with van der Waals surface area (Å²) >= 11 is 0. The molecule has 3 heterocycles. The number of methoxy groups -OCH3 is 1. The van der Waals surface area contributed by atoms with E-state index in [1.165, 1.54) is 30.0 Å². The molecule has 5 rings (SSSR count). The minimum atomic E-state index is -3.07. The number of aromatic nitrogens is 2. The fourth-order valence-corrected chi connectivity index (χ4v) is 5.16. The number of benzene rings is 2. The molecular weight excluding hydrogens is 588 g/mol. The molecule has 2 aromatic carbocycles. The molecule has 0 saturated carbocycles. The summed E-state index contributed by atoms with van der Waals surface area (Å²) in [4.78, 5) is 41.9. The number of hydrogen-bond acceptors (Lipinski definition) is 7. The Hall–Kier alpha value is -5.14. The first kappa shape index (κ1) is 30.3. The maximum atomic E-state index is 15.3. The summed E-state index contributed by atoms with van der Waals surface area (Å²) in [6.07, 6.45) is 1.51. The Morgan fingerprint density at radius 2 is 1.75 bits per heavy atom. The molecule has 14 heteroatoms. The number of anilines is 1. The van der Waals surface area contributed by atoms with Gasteiger partial charge in [-0.2, -0.15) is 8.78 Å². The fourth-order valence-electron chi connectivity index (χ4n) is 5.16. The fraction of sp³-hybridized carbons (Fsp3) is 0.267. The third-order valence-corrected chi connectivity index (χ3v) is 7.22. The molecule has 1 fully saturated rings. The van der Waals surface area contributed by atoms with Gasteiger partial charge in [-0.05, 0) is 49.7 Å². The molecule has 44 heavy (non-hydrogen) atoms. The van der Waals surface area contributed by atoms with E-state index in [-0.39, 0.29) is 35.8 Å². The summed E-state index contributed by atoms with van der Waals surface area (Å²) in [6.45, 7) is -0.0989. The van der Waals surface area contributed by atoms with E-state index in [0.717, 1.165) is 29.2 Å². The Bertz CT molecular complexity index is 1750. The Labute approximate surface area is 247 Å². The van der Waals surface area contributed by atoms with Crippen molar-refractivity contribution in [2.24, 2.45) is 0 Å². The van der Waals surface area contributed by atoms with Crippen LogP contribution in [0.4, 0.5) is 23.2 Å². The predicted octanol–water partition coefficient (Wildman–Crippen LogP) is 4.32. The smallest absolute Gasteiger partial charge is 0.387 e. The van der Waals surface area contributed by atoms with Gasteiger partial charge < -0.3 is 28.8 Å². The van der Waals surface area contributed by atoms with E-state index in [4.69, 9.17) is 9.26 Å². The molecule has 4 aromatic rings. The van der Waals surface area contributed by atoms with E-state index in [2.05, 4.69) is 15.2 Å². The van der Waals surface area contributed by atoms with E-state index in [0.29, 0.717) is 17.0 Å². The molecule has 0 bridgehead atoms. The summed E-state index contributed by atoms with van der Waals surface area (Å²) in [7, 11) is 1.23. The Kier molecular flexibility index (Phi) is 8.43. The number of carbonyl (C=O) groups excluding carboxylic acids is 2. The average molecular weight is 615 g/mol. The number of halogens is 4. The number of carbonyl (C=O) groups is 2. The van der Waals surface area contributed by atoms with Crippen LogP contribution in [0.1, 0.15) is 38.9 Å². The topological polar surface area (TPSA) is 116 Å². The Morgan fingerprint density at radius 3 is 2.34 bits per heavy atom. The normalized spacial score (nSPS) is 16.5. The highest BCUT2D eigenvalue weighted by Gasteiger charge is 2.46. The highest BCUT2D eigenvalue weighted by Crippen LogP contribution is 2.36. The molecule has 1 saturated heterocycles. The summed E-state index contributed by atoms with van der Waals surface area (Å²) in [5.74, 6) is -4.82. The van der Waals surface area contributed by atoms with Crippen LogP contribution in [0.25, 0.3) is 0 Å². The summed E-state index contributed by atoms with van der Waals surface area (Å²) < 4.78 is 71.5. The molecule has 0 unspecified atom stereocenters. The van der Waals surface area contributed by atoms with Crippen molar-refractivity contribution in [2.75, 3.05) is 18.6 Å². The molecule has 0 aliphatic carbocycles. The van der Waals surface area contributed by atoms with Crippen molar-refractivity contribution in [3.8, 4) is 11.5 Å². The summed E-state index contributed by atoms with van der Waals surface area (Å²) in [6, 6.07) is 8.30. The van der Waals surface area contributed by atoms with E-state index in [1.807, 2.05) is 0 Å². The molecule has 10 nitrogen and oxygen atoms in total. The van der Waals surface area contributed by atoms with Crippen LogP contribution in [0.15, 0.2) is 64.0 Å². The minimum Gasteiger partial charge on any atom is -0.497 e. The van der Waals surface area contributed by atoms with Crippen LogP contribution in [0, 0.1) is 25.5 Å². The third kappa shape index (κ3) is 6.00. The molecule has 1 N–H and O–H groups in total. The van der Waals surface area contributed by atoms with Crippen molar-refractivity contribution in [3.63, 3.8) is 0 Å².